The first-order chi connectivity index (χ1) is 8.65. The van der Waals surface area contributed by atoms with Gasteiger partial charge in [-0.2, -0.15) is 0 Å². The van der Waals surface area contributed by atoms with Crippen LogP contribution in [0.5, 0.6) is 0 Å². The van der Waals surface area contributed by atoms with Crippen molar-refractivity contribution < 1.29 is 5.11 Å². The second kappa shape index (κ2) is 5.91. The number of piperidine rings is 1. The summed E-state index contributed by atoms with van der Waals surface area (Å²) in [5, 5.41) is 9.82. The molecule has 1 atom stereocenters. The minimum atomic E-state index is -0.397. The quantitative estimate of drug-likeness (QED) is 0.886. The topological polar surface area (TPSA) is 49.5 Å². The van der Waals surface area contributed by atoms with Crippen LogP contribution in [-0.2, 0) is 0 Å². The SMILES string of the molecule is Cc1c(N2CCCCC2)ccc([C@@H](N)CO)c1Cl. The average Bonchev–Trinajstić information content (AvgIpc) is 2.42. The lowest BCUT2D eigenvalue weighted by molar-refractivity contribution is 0.268. The predicted octanol–water partition coefficient (Wildman–Crippen LogP) is 2.63. The minimum absolute atomic E-state index is 0.0811. The first kappa shape index (κ1) is 13.7. The van der Waals surface area contributed by atoms with Crippen LogP contribution in [0.2, 0.25) is 5.02 Å². The van der Waals surface area contributed by atoms with Gasteiger partial charge in [-0.3, -0.25) is 0 Å². The molecule has 1 heterocycles. The lowest BCUT2D eigenvalue weighted by Crippen LogP contribution is -2.30. The predicted molar refractivity (Wildman–Crippen MR) is 76.3 cm³/mol. The molecule has 0 aromatic heterocycles. The third-order valence-corrected chi connectivity index (χ3v) is 4.18. The van der Waals surface area contributed by atoms with Gasteiger partial charge in [-0.05, 0) is 43.4 Å². The van der Waals surface area contributed by atoms with Crippen LogP contribution in [0.1, 0.15) is 36.4 Å². The van der Waals surface area contributed by atoms with Gasteiger partial charge in [0, 0.05) is 18.8 Å². The van der Waals surface area contributed by atoms with Crippen molar-refractivity contribution in [1.82, 2.24) is 0 Å². The van der Waals surface area contributed by atoms with Crippen LogP contribution >= 0.6 is 11.6 Å². The minimum Gasteiger partial charge on any atom is -0.394 e. The summed E-state index contributed by atoms with van der Waals surface area (Å²) in [6, 6.07) is 3.63. The smallest absolute Gasteiger partial charge is 0.0624 e. The maximum atomic E-state index is 9.13. The summed E-state index contributed by atoms with van der Waals surface area (Å²) in [5.74, 6) is 0. The molecule has 0 bridgehead atoms. The Hall–Kier alpha value is -0.770. The zero-order valence-electron chi connectivity index (χ0n) is 10.8. The van der Waals surface area contributed by atoms with Crippen LogP contribution in [0.15, 0.2) is 12.1 Å². The summed E-state index contributed by atoms with van der Waals surface area (Å²) in [7, 11) is 0. The molecule has 1 aromatic carbocycles. The van der Waals surface area contributed by atoms with Crippen molar-refractivity contribution in [3.05, 3.63) is 28.3 Å². The van der Waals surface area contributed by atoms with Gasteiger partial charge >= 0.3 is 0 Å². The number of rotatable bonds is 3. The zero-order chi connectivity index (χ0) is 13.1. The van der Waals surface area contributed by atoms with E-state index in [1.54, 1.807) is 0 Å². The number of nitrogens with two attached hydrogens (primary N) is 1. The zero-order valence-corrected chi connectivity index (χ0v) is 11.6. The van der Waals surface area contributed by atoms with E-state index in [9.17, 15) is 0 Å². The number of halogens is 1. The molecule has 1 saturated heterocycles. The van der Waals surface area contributed by atoms with Gasteiger partial charge in [-0.25, -0.2) is 0 Å². The summed E-state index contributed by atoms with van der Waals surface area (Å²) in [5.41, 5.74) is 8.95. The maximum Gasteiger partial charge on any atom is 0.0624 e. The largest absolute Gasteiger partial charge is 0.394 e. The van der Waals surface area contributed by atoms with Gasteiger partial charge in [0.25, 0.3) is 0 Å². The Kier molecular flexibility index (Phi) is 4.49. The number of benzene rings is 1. The maximum absolute atomic E-state index is 9.13. The van der Waals surface area contributed by atoms with Crippen molar-refractivity contribution in [2.75, 3.05) is 24.6 Å². The van der Waals surface area contributed by atoms with Crippen LogP contribution in [0.3, 0.4) is 0 Å². The number of aliphatic hydroxyl groups is 1. The van der Waals surface area contributed by atoms with Crippen molar-refractivity contribution in [2.24, 2.45) is 5.73 Å². The van der Waals surface area contributed by atoms with E-state index in [1.165, 1.54) is 24.9 Å². The fourth-order valence-corrected chi connectivity index (χ4v) is 2.86. The summed E-state index contributed by atoms with van der Waals surface area (Å²) in [6.45, 7) is 4.15. The molecule has 0 amide bonds. The molecule has 2 rings (SSSR count). The van der Waals surface area contributed by atoms with Crippen LogP contribution < -0.4 is 10.6 Å². The van der Waals surface area contributed by atoms with Crippen molar-refractivity contribution >= 4 is 17.3 Å². The van der Waals surface area contributed by atoms with E-state index in [4.69, 9.17) is 22.4 Å². The van der Waals surface area contributed by atoms with Gasteiger partial charge in [0.2, 0.25) is 0 Å². The summed E-state index contributed by atoms with van der Waals surface area (Å²) in [4.78, 5) is 2.39. The van der Waals surface area contributed by atoms with Crippen molar-refractivity contribution in [3.63, 3.8) is 0 Å². The van der Waals surface area contributed by atoms with Gasteiger partial charge < -0.3 is 15.7 Å². The Morgan fingerprint density at radius 3 is 2.61 bits per heavy atom. The van der Waals surface area contributed by atoms with Crippen LogP contribution in [-0.4, -0.2) is 24.8 Å². The molecule has 3 N–H and O–H groups in total. The Morgan fingerprint density at radius 1 is 1.33 bits per heavy atom. The van der Waals surface area contributed by atoms with E-state index in [0.717, 1.165) is 24.2 Å². The van der Waals surface area contributed by atoms with Crippen molar-refractivity contribution in [3.8, 4) is 0 Å². The Morgan fingerprint density at radius 2 is 2.00 bits per heavy atom. The normalized spacial score (nSPS) is 17.9. The van der Waals surface area contributed by atoms with Crippen LogP contribution in [0.25, 0.3) is 0 Å². The molecule has 18 heavy (non-hydrogen) atoms. The molecule has 0 saturated carbocycles. The molecule has 1 aliphatic rings. The van der Waals surface area contributed by atoms with Gasteiger partial charge in [0.05, 0.1) is 17.7 Å². The molecular weight excluding hydrogens is 248 g/mol. The highest BCUT2D eigenvalue weighted by Gasteiger charge is 2.18. The van der Waals surface area contributed by atoms with Crippen LogP contribution in [0.4, 0.5) is 5.69 Å². The van der Waals surface area contributed by atoms with Crippen molar-refractivity contribution in [2.45, 2.75) is 32.2 Å². The lowest BCUT2D eigenvalue weighted by atomic mass is 10.0. The molecule has 1 aromatic rings. The molecule has 0 radical (unpaired) electrons. The molecular formula is C14H21ClN2O. The van der Waals surface area contributed by atoms with Gasteiger partial charge in [0.1, 0.15) is 0 Å². The Balaban J connectivity index is 2.30. The molecule has 100 valence electrons. The monoisotopic (exact) mass is 268 g/mol. The summed E-state index contributed by atoms with van der Waals surface area (Å²) in [6.07, 6.45) is 3.81. The third kappa shape index (κ3) is 2.63. The molecule has 0 aliphatic carbocycles. The molecule has 1 fully saturated rings. The second-order valence-corrected chi connectivity index (χ2v) is 5.33. The number of aliphatic hydroxyl groups excluding tert-OH is 1. The first-order valence-corrected chi connectivity index (χ1v) is 6.93. The molecule has 4 heteroatoms. The van der Waals surface area contributed by atoms with E-state index >= 15 is 0 Å². The highest BCUT2D eigenvalue weighted by molar-refractivity contribution is 6.32. The van der Waals surface area contributed by atoms with Crippen LogP contribution in [0, 0.1) is 6.92 Å². The third-order valence-electron chi connectivity index (χ3n) is 3.68. The lowest BCUT2D eigenvalue weighted by Gasteiger charge is -2.31. The van der Waals surface area contributed by atoms with E-state index < -0.39 is 6.04 Å². The molecule has 0 spiro atoms. The number of hydrogen-bond donors (Lipinski definition) is 2. The molecule has 0 unspecified atom stereocenters. The number of nitrogens with zero attached hydrogens (tertiary/aromatic N) is 1. The first-order valence-electron chi connectivity index (χ1n) is 6.55. The number of anilines is 1. The summed E-state index contributed by atoms with van der Waals surface area (Å²) < 4.78 is 0. The number of hydrogen-bond acceptors (Lipinski definition) is 3. The Labute approximate surface area is 114 Å². The average molecular weight is 269 g/mol. The standard InChI is InChI=1S/C14H21ClN2O/c1-10-13(17-7-3-2-4-8-17)6-5-11(14(10)15)12(16)9-18/h5-6,12,18H,2-4,7-9,16H2,1H3/t12-/m0/s1. The second-order valence-electron chi connectivity index (χ2n) is 4.95. The fraction of sp³-hybridized carbons (Fsp3) is 0.571. The summed E-state index contributed by atoms with van der Waals surface area (Å²) >= 11 is 6.37. The van der Waals surface area contributed by atoms with Gasteiger partial charge in [0.15, 0.2) is 0 Å². The molecule has 1 aliphatic heterocycles. The van der Waals surface area contributed by atoms with Gasteiger partial charge in [-0.15, -0.1) is 0 Å². The van der Waals surface area contributed by atoms with Crippen molar-refractivity contribution in [1.29, 1.82) is 0 Å². The fourth-order valence-electron chi connectivity index (χ4n) is 2.56. The van der Waals surface area contributed by atoms with E-state index in [1.807, 2.05) is 13.0 Å². The molecule has 3 nitrogen and oxygen atoms in total. The van der Waals surface area contributed by atoms with E-state index in [2.05, 4.69) is 11.0 Å². The van der Waals surface area contributed by atoms with E-state index in [0.29, 0.717) is 5.02 Å². The highest BCUT2D eigenvalue weighted by atomic mass is 35.5. The Bertz CT molecular complexity index is 417. The highest BCUT2D eigenvalue weighted by Crippen LogP contribution is 2.33. The van der Waals surface area contributed by atoms with Gasteiger partial charge in [-0.1, -0.05) is 17.7 Å². The van der Waals surface area contributed by atoms with E-state index in [-0.39, 0.29) is 6.61 Å².